The highest BCUT2D eigenvalue weighted by atomic mass is 35.5. The van der Waals surface area contributed by atoms with Gasteiger partial charge in [0.05, 0.1) is 22.9 Å². The van der Waals surface area contributed by atoms with E-state index < -0.39 is 12.2 Å². The molecule has 0 bridgehead atoms. The van der Waals surface area contributed by atoms with Crippen LogP contribution in [0.5, 0.6) is 5.75 Å². The molecule has 0 radical (unpaired) electrons. The fourth-order valence-corrected chi connectivity index (χ4v) is 3.54. The molecule has 1 aliphatic carbocycles. The standard InChI is InChI=1S/C21H27Cl3O5/c1-21(2,13-3-5-19(17(23)7-13)28-11-15(26)9-22)14-4-6-20(18(24)8-14)29-12-16(27)10-25/h3-6,8,15-17,25-27H,7,9-12H2,1-2H3/t15-,16+,17+/m0/s1. The summed E-state index contributed by atoms with van der Waals surface area (Å²) in [5, 5.41) is 27.9. The van der Waals surface area contributed by atoms with Gasteiger partial charge in [-0.1, -0.05) is 43.2 Å². The van der Waals surface area contributed by atoms with Crippen LogP contribution in [-0.4, -0.2) is 58.6 Å². The Morgan fingerprint density at radius 2 is 1.83 bits per heavy atom. The second kappa shape index (κ2) is 10.9. The lowest BCUT2D eigenvalue weighted by atomic mass is 9.74. The molecule has 1 aromatic rings. The van der Waals surface area contributed by atoms with Gasteiger partial charge in [-0.3, -0.25) is 0 Å². The second-order valence-electron chi connectivity index (χ2n) is 7.47. The molecule has 0 saturated carbocycles. The fraction of sp³-hybridized carbons (Fsp3) is 0.524. The normalized spacial score (nSPS) is 19.2. The molecule has 29 heavy (non-hydrogen) atoms. The number of hydrogen-bond donors (Lipinski definition) is 3. The topological polar surface area (TPSA) is 79.2 Å². The van der Waals surface area contributed by atoms with Gasteiger partial charge in [0, 0.05) is 5.41 Å². The van der Waals surface area contributed by atoms with Gasteiger partial charge in [-0.15, -0.1) is 23.2 Å². The van der Waals surface area contributed by atoms with Crippen LogP contribution in [0, 0.1) is 0 Å². The molecule has 0 saturated heterocycles. The molecule has 3 atom stereocenters. The summed E-state index contributed by atoms with van der Waals surface area (Å²) in [5.41, 5.74) is 1.77. The van der Waals surface area contributed by atoms with Gasteiger partial charge >= 0.3 is 0 Å². The molecule has 2 rings (SSSR count). The molecule has 0 spiro atoms. The molecule has 1 aliphatic rings. The number of rotatable bonds is 10. The molecule has 0 amide bonds. The third kappa shape index (κ3) is 6.51. The maximum absolute atomic E-state index is 9.54. The summed E-state index contributed by atoms with van der Waals surface area (Å²) in [6.07, 6.45) is 2.72. The van der Waals surface area contributed by atoms with Crippen LogP contribution in [0.25, 0.3) is 0 Å². The summed E-state index contributed by atoms with van der Waals surface area (Å²) in [7, 11) is 0. The lowest BCUT2D eigenvalue weighted by molar-refractivity contribution is 0.0536. The Balaban J connectivity index is 2.14. The Labute approximate surface area is 186 Å². The molecule has 5 nitrogen and oxygen atoms in total. The summed E-state index contributed by atoms with van der Waals surface area (Å²) in [5.74, 6) is 1.16. The summed E-state index contributed by atoms with van der Waals surface area (Å²) in [6.45, 7) is 3.86. The smallest absolute Gasteiger partial charge is 0.138 e. The highest BCUT2D eigenvalue weighted by Gasteiger charge is 2.31. The van der Waals surface area contributed by atoms with E-state index in [4.69, 9.17) is 49.4 Å². The number of hydrogen-bond acceptors (Lipinski definition) is 5. The van der Waals surface area contributed by atoms with Gasteiger partial charge in [0.25, 0.3) is 0 Å². The minimum Gasteiger partial charge on any atom is -0.494 e. The summed E-state index contributed by atoms with van der Waals surface area (Å²) in [6, 6.07) is 5.50. The van der Waals surface area contributed by atoms with Gasteiger partial charge in [-0.2, -0.15) is 0 Å². The first-order valence-electron chi connectivity index (χ1n) is 9.32. The molecule has 162 valence electrons. The molecule has 8 heteroatoms. The maximum atomic E-state index is 9.54. The van der Waals surface area contributed by atoms with Crippen molar-refractivity contribution in [2.45, 2.75) is 43.3 Å². The van der Waals surface area contributed by atoms with Crippen LogP contribution in [0.2, 0.25) is 5.02 Å². The lowest BCUT2D eigenvalue weighted by Gasteiger charge is -2.33. The minimum atomic E-state index is -0.955. The minimum absolute atomic E-state index is 0.0377. The van der Waals surface area contributed by atoms with Crippen LogP contribution in [0.15, 0.2) is 41.7 Å². The Morgan fingerprint density at radius 3 is 2.41 bits per heavy atom. The zero-order valence-corrected chi connectivity index (χ0v) is 18.7. The van der Waals surface area contributed by atoms with E-state index in [-0.39, 0.29) is 36.5 Å². The van der Waals surface area contributed by atoms with Gasteiger partial charge in [-0.05, 0) is 30.2 Å². The van der Waals surface area contributed by atoms with Crippen LogP contribution >= 0.6 is 34.8 Å². The predicted molar refractivity (Wildman–Crippen MR) is 116 cm³/mol. The Hall–Kier alpha value is -0.950. The largest absolute Gasteiger partial charge is 0.494 e. The van der Waals surface area contributed by atoms with Gasteiger partial charge in [0.1, 0.15) is 36.9 Å². The Morgan fingerprint density at radius 1 is 1.14 bits per heavy atom. The average Bonchev–Trinajstić information content (AvgIpc) is 2.71. The third-order valence-electron chi connectivity index (χ3n) is 4.88. The van der Waals surface area contributed by atoms with Gasteiger partial charge < -0.3 is 24.8 Å². The maximum Gasteiger partial charge on any atom is 0.138 e. The van der Waals surface area contributed by atoms with Crippen molar-refractivity contribution in [3.8, 4) is 5.75 Å². The van der Waals surface area contributed by atoms with Crippen LogP contribution in [0.1, 0.15) is 25.8 Å². The van der Waals surface area contributed by atoms with Crippen molar-refractivity contribution in [2.24, 2.45) is 0 Å². The monoisotopic (exact) mass is 464 g/mol. The predicted octanol–water partition coefficient (Wildman–Crippen LogP) is 3.79. The third-order valence-corrected chi connectivity index (χ3v) is 5.90. The molecule has 0 fully saturated rings. The molecule has 1 aromatic carbocycles. The zero-order valence-electron chi connectivity index (χ0n) is 16.4. The van der Waals surface area contributed by atoms with Gasteiger partial charge in [-0.25, -0.2) is 0 Å². The first-order valence-corrected chi connectivity index (χ1v) is 10.7. The van der Waals surface area contributed by atoms with E-state index in [0.29, 0.717) is 23.0 Å². The van der Waals surface area contributed by atoms with Crippen molar-refractivity contribution in [1.82, 2.24) is 0 Å². The van der Waals surface area contributed by atoms with Crippen LogP contribution in [0.4, 0.5) is 0 Å². The van der Waals surface area contributed by atoms with Gasteiger partial charge in [0.15, 0.2) is 0 Å². The second-order valence-corrected chi connectivity index (χ2v) is 8.71. The first kappa shape index (κ1) is 24.3. The highest BCUT2D eigenvalue weighted by molar-refractivity contribution is 6.32. The Kier molecular flexibility index (Phi) is 9.14. The quantitative estimate of drug-likeness (QED) is 0.458. The molecular formula is C21H27Cl3O5. The SMILES string of the molecule is CC(C)(C1=CC=C(OC[C@@H](O)CCl)[C@H](Cl)C1)c1ccc(OC[C@H](O)CO)c(Cl)c1. The molecule has 0 aromatic heterocycles. The van der Waals surface area contributed by atoms with E-state index in [1.807, 2.05) is 24.3 Å². The van der Waals surface area contributed by atoms with E-state index in [1.54, 1.807) is 6.07 Å². The van der Waals surface area contributed by atoms with E-state index in [2.05, 4.69) is 13.8 Å². The first-order chi connectivity index (χ1) is 13.7. The number of aliphatic hydroxyl groups excluding tert-OH is 3. The summed E-state index contributed by atoms with van der Waals surface area (Å²) >= 11 is 18.4. The Bertz CT molecular complexity index is 748. The van der Waals surface area contributed by atoms with Crippen molar-refractivity contribution in [3.05, 3.63) is 52.3 Å². The number of allylic oxidation sites excluding steroid dienone is 4. The number of benzene rings is 1. The van der Waals surface area contributed by atoms with E-state index >= 15 is 0 Å². The lowest BCUT2D eigenvalue weighted by Crippen LogP contribution is -2.26. The number of ether oxygens (including phenoxy) is 2. The van der Waals surface area contributed by atoms with Crippen LogP contribution < -0.4 is 4.74 Å². The van der Waals surface area contributed by atoms with Gasteiger partial charge in [0.2, 0.25) is 0 Å². The van der Waals surface area contributed by atoms with E-state index in [1.165, 1.54) is 0 Å². The molecule has 0 unspecified atom stereocenters. The van der Waals surface area contributed by atoms with Crippen molar-refractivity contribution in [1.29, 1.82) is 0 Å². The van der Waals surface area contributed by atoms with E-state index in [0.717, 1.165) is 11.1 Å². The number of alkyl halides is 2. The van der Waals surface area contributed by atoms with Crippen LogP contribution in [0.3, 0.4) is 0 Å². The molecular weight excluding hydrogens is 439 g/mol. The van der Waals surface area contributed by atoms with Crippen LogP contribution in [-0.2, 0) is 10.2 Å². The molecule has 3 N–H and O–H groups in total. The number of halogens is 3. The summed E-state index contributed by atoms with van der Waals surface area (Å²) in [4.78, 5) is 0. The fourth-order valence-electron chi connectivity index (χ4n) is 2.92. The highest BCUT2D eigenvalue weighted by Crippen LogP contribution is 2.40. The molecule has 0 heterocycles. The van der Waals surface area contributed by atoms with Crippen molar-refractivity contribution >= 4 is 34.8 Å². The summed E-state index contributed by atoms with van der Waals surface area (Å²) < 4.78 is 11.0. The van der Waals surface area contributed by atoms with Crippen molar-refractivity contribution < 1.29 is 24.8 Å². The van der Waals surface area contributed by atoms with E-state index in [9.17, 15) is 10.2 Å². The van der Waals surface area contributed by atoms with Crippen molar-refractivity contribution in [2.75, 3.05) is 25.7 Å². The average molecular weight is 466 g/mol. The molecule has 0 aliphatic heterocycles. The van der Waals surface area contributed by atoms with Crippen molar-refractivity contribution in [3.63, 3.8) is 0 Å². The number of aliphatic hydroxyl groups is 3. The zero-order chi connectivity index (χ0) is 21.6.